The molecular formula is C10H20ClN3O4. The number of aryl methyl sites for hydroxylation is 1. The number of aromatic nitrogens is 2. The number of hydrogen-bond donors (Lipinski definition) is 2. The highest BCUT2D eigenvalue weighted by Crippen LogP contribution is 2.18. The fraction of sp³-hybridized carbons (Fsp3) is 0.600. The first-order chi connectivity index (χ1) is 7.24. The Balaban J connectivity index is 0. The zero-order valence-corrected chi connectivity index (χ0v) is 11.0. The Kier molecular flexibility index (Phi) is 8.57. The molecule has 1 aliphatic heterocycles. The molecule has 0 radical (unpaired) electrons. The topological polar surface area (TPSA) is 130 Å². The number of nitrogens with one attached hydrogen (secondary N) is 1. The summed E-state index contributed by atoms with van der Waals surface area (Å²) >= 11 is 0. The van der Waals surface area contributed by atoms with Gasteiger partial charge in [-0.05, 0) is 6.42 Å². The number of aromatic carboxylic acids is 1. The lowest BCUT2D eigenvalue weighted by Gasteiger charge is -2.14. The molecule has 0 amide bonds. The van der Waals surface area contributed by atoms with Crippen LogP contribution in [0.2, 0.25) is 0 Å². The first-order valence-electron chi connectivity index (χ1n) is 5.26. The molecule has 0 fully saturated rings. The van der Waals surface area contributed by atoms with Crippen LogP contribution in [0.1, 0.15) is 35.1 Å². The first kappa shape index (κ1) is 19.2. The number of carboxylic acid groups (broad SMARTS) is 1. The molecule has 18 heavy (non-hydrogen) atoms. The molecule has 2 rings (SSSR count). The van der Waals surface area contributed by atoms with Gasteiger partial charge in [-0.25, -0.2) is 4.79 Å². The van der Waals surface area contributed by atoms with Gasteiger partial charge in [-0.15, -0.1) is 12.4 Å². The normalized spacial score (nSPS) is 12.5. The van der Waals surface area contributed by atoms with Crippen molar-refractivity contribution in [1.82, 2.24) is 15.1 Å². The molecule has 0 unspecified atom stereocenters. The molecule has 1 aliphatic rings. The second kappa shape index (κ2) is 8.04. The summed E-state index contributed by atoms with van der Waals surface area (Å²) in [6.45, 7) is 4.40. The van der Waals surface area contributed by atoms with Crippen LogP contribution in [0, 0.1) is 0 Å². The average Bonchev–Trinajstić information content (AvgIpc) is 2.59. The molecule has 8 heteroatoms. The van der Waals surface area contributed by atoms with E-state index in [1.807, 2.05) is 4.68 Å². The van der Waals surface area contributed by atoms with Crippen LogP contribution in [0.25, 0.3) is 0 Å². The summed E-state index contributed by atoms with van der Waals surface area (Å²) < 4.78 is 1.85. The van der Waals surface area contributed by atoms with Gasteiger partial charge in [-0.3, -0.25) is 4.68 Å². The fourth-order valence-corrected chi connectivity index (χ4v) is 1.99. The lowest BCUT2D eigenvalue weighted by atomic mass is 10.1. The monoisotopic (exact) mass is 281 g/mol. The summed E-state index contributed by atoms with van der Waals surface area (Å²) in [5.74, 6) is -0.926. The Bertz CT molecular complexity index is 395. The number of fused-ring (bicyclic) bond motifs is 1. The maximum Gasteiger partial charge on any atom is 0.356 e. The molecule has 0 saturated carbocycles. The van der Waals surface area contributed by atoms with E-state index in [0.29, 0.717) is 6.54 Å². The summed E-state index contributed by atoms with van der Waals surface area (Å²) in [5.41, 5.74) is 2.17. The van der Waals surface area contributed by atoms with Gasteiger partial charge in [-0.1, -0.05) is 6.92 Å². The Hall–Kier alpha value is -1.15. The summed E-state index contributed by atoms with van der Waals surface area (Å²) in [6.07, 6.45) is 1.84. The van der Waals surface area contributed by atoms with Crippen LogP contribution in [0.3, 0.4) is 0 Å². The van der Waals surface area contributed by atoms with Crippen LogP contribution in [-0.2, 0) is 19.5 Å². The largest absolute Gasteiger partial charge is 0.476 e. The highest BCUT2D eigenvalue weighted by molar-refractivity contribution is 5.87. The van der Waals surface area contributed by atoms with E-state index in [-0.39, 0.29) is 29.1 Å². The molecule has 0 atom stereocenters. The first-order valence-corrected chi connectivity index (χ1v) is 5.26. The lowest BCUT2D eigenvalue weighted by Crippen LogP contribution is -2.25. The van der Waals surface area contributed by atoms with E-state index in [1.54, 1.807) is 0 Å². The maximum absolute atomic E-state index is 11.0. The summed E-state index contributed by atoms with van der Waals surface area (Å²) in [4.78, 5) is 11.0. The molecule has 0 bridgehead atoms. The minimum absolute atomic E-state index is 0. The minimum Gasteiger partial charge on any atom is -0.476 e. The summed E-state index contributed by atoms with van der Waals surface area (Å²) in [6, 6.07) is 0. The standard InChI is InChI=1S/C10H15N3O2.ClH.2H2O/c1-2-5-13-8-3-4-11-6-7(8)9(12-13)10(14)15;;;/h11H,2-6H2,1H3,(H,14,15);1H;2*1H2. The second-order valence-corrected chi connectivity index (χ2v) is 3.73. The van der Waals surface area contributed by atoms with Gasteiger partial charge in [0.15, 0.2) is 5.69 Å². The van der Waals surface area contributed by atoms with Crippen molar-refractivity contribution >= 4 is 18.4 Å². The Morgan fingerprint density at radius 2 is 2.17 bits per heavy atom. The SMILES string of the molecule is CCCn1nc(C(=O)O)c2c1CCNC2.Cl.O.O. The van der Waals surface area contributed by atoms with Gasteiger partial charge in [-0.2, -0.15) is 5.10 Å². The van der Waals surface area contributed by atoms with Crippen LogP contribution in [0.5, 0.6) is 0 Å². The fourth-order valence-electron chi connectivity index (χ4n) is 1.99. The number of carbonyl (C=O) groups is 1. The van der Waals surface area contributed by atoms with Gasteiger partial charge in [0.2, 0.25) is 0 Å². The smallest absolute Gasteiger partial charge is 0.356 e. The summed E-state index contributed by atoms with van der Waals surface area (Å²) in [7, 11) is 0. The van der Waals surface area contributed by atoms with Crippen molar-refractivity contribution < 1.29 is 20.9 Å². The molecule has 0 spiro atoms. The third-order valence-corrected chi connectivity index (χ3v) is 2.64. The molecule has 1 aromatic rings. The Morgan fingerprint density at radius 1 is 1.50 bits per heavy atom. The third kappa shape index (κ3) is 3.42. The van der Waals surface area contributed by atoms with Crippen molar-refractivity contribution in [3.63, 3.8) is 0 Å². The molecule has 0 aromatic carbocycles. The highest BCUT2D eigenvalue weighted by Gasteiger charge is 2.23. The van der Waals surface area contributed by atoms with Crippen LogP contribution in [-0.4, -0.2) is 38.4 Å². The molecule has 2 heterocycles. The zero-order valence-electron chi connectivity index (χ0n) is 10.2. The molecule has 6 N–H and O–H groups in total. The van der Waals surface area contributed by atoms with Crippen LogP contribution in [0.15, 0.2) is 0 Å². The van der Waals surface area contributed by atoms with Crippen molar-refractivity contribution in [2.75, 3.05) is 6.54 Å². The molecule has 1 aromatic heterocycles. The molecule has 106 valence electrons. The van der Waals surface area contributed by atoms with Gasteiger partial charge in [0.25, 0.3) is 0 Å². The van der Waals surface area contributed by atoms with Crippen molar-refractivity contribution in [3.05, 3.63) is 17.0 Å². The van der Waals surface area contributed by atoms with Gasteiger partial charge < -0.3 is 21.4 Å². The number of carboxylic acids is 1. The summed E-state index contributed by atoms with van der Waals surface area (Å²) in [5, 5.41) is 16.4. The van der Waals surface area contributed by atoms with Gasteiger partial charge in [0, 0.05) is 37.3 Å². The number of hydrogen-bond acceptors (Lipinski definition) is 3. The van der Waals surface area contributed by atoms with Crippen molar-refractivity contribution in [3.8, 4) is 0 Å². The molecular weight excluding hydrogens is 262 g/mol. The molecule has 0 saturated heterocycles. The predicted molar refractivity (Wildman–Crippen MR) is 69.4 cm³/mol. The van der Waals surface area contributed by atoms with E-state index in [9.17, 15) is 4.79 Å². The van der Waals surface area contributed by atoms with E-state index < -0.39 is 5.97 Å². The number of rotatable bonds is 3. The second-order valence-electron chi connectivity index (χ2n) is 3.73. The van der Waals surface area contributed by atoms with E-state index in [4.69, 9.17) is 5.11 Å². The van der Waals surface area contributed by atoms with Crippen molar-refractivity contribution in [2.45, 2.75) is 32.9 Å². The zero-order chi connectivity index (χ0) is 10.8. The van der Waals surface area contributed by atoms with E-state index in [0.717, 1.165) is 37.2 Å². The van der Waals surface area contributed by atoms with E-state index >= 15 is 0 Å². The lowest BCUT2D eigenvalue weighted by molar-refractivity contribution is 0.0688. The van der Waals surface area contributed by atoms with Crippen molar-refractivity contribution in [2.24, 2.45) is 0 Å². The number of nitrogens with zero attached hydrogens (tertiary/aromatic N) is 2. The molecule has 7 nitrogen and oxygen atoms in total. The van der Waals surface area contributed by atoms with Crippen LogP contribution < -0.4 is 5.32 Å². The average molecular weight is 282 g/mol. The van der Waals surface area contributed by atoms with Crippen molar-refractivity contribution in [1.29, 1.82) is 0 Å². The third-order valence-electron chi connectivity index (χ3n) is 2.64. The van der Waals surface area contributed by atoms with Gasteiger partial charge >= 0.3 is 5.97 Å². The van der Waals surface area contributed by atoms with Crippen LogP contribution >= 0.6 is 12.4 Å². The Labute approximate surface area is 111 Å². The number of halogens is 1. The van der Waals surface area contributed by atoms with Gasteiger partial charge in [0.1, 0.15) is 0 Å². The highest BCUT2D eigenvalue weighted by atomic mass is 35.5. The minimum atomic E-state index is -0.926. The van der Waals surface area contributed by atoms with E-state index in [1.165, 1.54) is 0 Å². The predicted octanol–water partition coefficient (Wildman–Crippen LogP) is -0.591. The molecule has 0 aliphatic carbocycles. The Morgan fingerprint density at radius 3 is 2.72 bits per heavy atom. The maximum atomic E-state index is 11.0. The quantitative estimate of drug-likeness (QED) is 0.766. The van der Waals surface area contributed by atoms with E-state index in [2.05, 4.69) is 17.3 Å². The van der Waals surface area contributed by atoms with Gasteiger partial charge in [0.05, 0.1) is 0 Å². The van der Waals surface area contributed by atoms with Crippen LogP contribution in [0.4, 0.5) is 0 Å².